The highest BCUT2D eigenvalue weighted by atomic mass is 14.9. The molecule has 2 rings (SSSR count). The molecule has 1 aromatic carbocycles. The van der Waals surface area contributed by atoms with Gasteiger partial charge >= 0.3 is 0 Å². The van der Waals surface area contributed by atoms with Crippen molar-refractivity contribution in [2.75, 3.05) is 6.54 Å². The maximum atomic E-state index is 3.82. The average molecular weight is 287 g/mol. The van der Waals surface area contributed by atoms with Gasteiger partial charge < -0.3 is 5.32 Å². The molecule has 1 aliphatic rings. The molecule has 1 unspecified atom stereocenters. The zero-order chi connectivity index (χ0) is 15.1. The largest absolute Gasteiger partial charge is 0.310 e. The van der Waals surface area contributed by atoms with E-state index in [9.17, 15) is 0 Å². The maximum absolute atomic E-state index is 3.82. The van der Waals surface area contributed by atoms with Gasteiger partial charge in [0.15, 0.2) is 0 Å². The van der Waals surface area contributed by atoms with Crippen LogP contribution in [0.2, 0.25) is 0 Å². The van der Waals surface area contributed by atoms with Gasteiger partial charge in [0, 0.05) is 6.04 Å². The summed E-state index contributed by atoms with van der Waals surface area (Å²) in [5, 5.41) is 3.82. The minimum absolute atomic E-state index is 0.564. The Balaban J connectivity index is 2.31. The van der Waals surface area contributed by atoms with E-state index in [1.807, 2.05) is 0 Å². The fourth-order valence-electron chi connectivity index (χ4n) is 3.87. The van der Waals surface area contributed by atoms with E-state index in [2.05, 4.69) is 44.3 Å². The first-order chi connectivity index (χ1) is 10.3. The highest BCUT2D eigenvalue weighted by Crippen LogP contribution is 2.35. The Hall–Kier alpha value is -0.820. The van der Waals surface area contributed by atoms with E-state index in [4.69, 9.17) is 0 Å². The zero-order valence-corrected chi connectivity index (χ0v) is 14.3. The van der Waals surface area contributed by atoms with E-state index >= 15 is 0 Å². The summed E-state index contributed by atoms with van der Waals surface area (Å²) in [5.41, 5.74) is 4.62. The molecule has 0 aliphatic heterocycles. The van der Waals surface area contributed by atoms with Crippen LogP contribution < -0.4 is 5.32 Å². The number of rotatable bonds is 6. The van der Waals surface area contributed by atoms with Crippen LogP contribution in [-0.4, -0.2) is 6.54 Å². The zero-order valence-electron chi connectivity index (χ0n) is 14.3. The predicted octanol–water partition coefficient (Wildman–Crippen LogP) is 5.43. The summed E-state index contributed by atoms with van der Waals surface area (Å²) in [4.78, 5) is 0. The third-order valence-electron chi connectivity index (χ3n) is 5.13. The topological polar surface area (TPSA) is 12.0 Å². The van der Waals surface area contributed by atoms with E-state index in [1.54, 1.807) is 11.1 Å². The summed E-state index contributed by atoms with van der Waals surface area (Å²) in [6.07, 6.45) is 10.8. The SMILES string of the molecule is CCNC(c1cc(CC)ccc1CC)C1CCCCCC1. The molecular weight excluding hydrogens is 254 g/mol. The summed E-state index contributed by atoms with van der Waals surface area (Å²) in [7, 11) is 0. The first-order valence-corrected chi connectivity index (χ1v) is 9.15. The van der Waals surface area contributed by atoms with Crippen molar-refractivity contribution in [2.24, 2.45) is 5.92 Å². The van der Waals surface area contributed by atoms with Crippen LogP contribution in [-0.2, 0) is 12.8 Å². The minimum Gasteiger partial charge on any atom is -0.310 e. The van der Waals surface area contributed by atoms with Crippen LogP contribution in [0.25, 0.3) is 0 Å². The molecule has 1 N–H and O–H groups in total. The molecule has 0 radical (unpaired) electrons. The molecule has 0 saturated heterocycles. The second-order valence-electron chi connectivity index (χ2n) is 6.53. The molecule has 118 valence electrons. The maximum Gasteiger partial charge on any atom is 0.0351 e. The lowest BCUT2D eigenvalue weighted by Gasteiger charge is -2.29. The summed E-state index contributed by atoms with van der Waals surface area (Å²) in [6.45, 7) is 7.87. The lowest BCUT2D eigenvalue weighted by molar-refractivity contribution is 0.328. The minimum atomic E-state index is 0.564. The first-order valence-electron chi connectivity index (χ1n) is 9.15. The number of hydrogen-bond donors (Lipinski definition) is 1. The van der Waals surface area contributed by atoms with Crippen molar-refractivity contribution < 1.29 is 0 Å². The second-order valence-corrected chi connectivity index (χ2v) is 6.53. The number of benzene rings is 1. The van der Waals surface area contributed by atoms with E-state index in [-0.39, 0.29) is 0 Å². The molecule has 0 spiro atoms. The van der Waals surface area contributed by atoms with Gasteiger partial charge in [-0.05, 0) is 54.8 Å². The Morgan fingerprint density at radius 3 is 2.29 bits per heavy atom. The first kappa shape index (κ1) is 16.5. The molecule has 1 heteroatoms. The van der Waals surface area contributed by atoms with Crippen molar-refractivity contribution in [3.63, 3.8) is 0 Å². The molecule has 1 fully saturated rings. The summed E-state index contributed by atoms with van der Waals surface area (Å²) < 4.78 is 0. The Morgan fingerprint density at radius 1 is 1.00 bits per heavy atom. The quantitative estimate of drug-likeness (QED) is 0.688. The Labute approximate surface area is 131 Å². The van der Waals surface area contributed by atoms with Crippen molar-refractivity contribution in [3.05, 3.63) is 34.9 Å². The van der Waals surface area contributed by atoms with E-state index in [0.717, 1.165) is 25.3 Å². The van der Waals surface area contributed by atoms with Crippen molar-refractivity contribution in [3.8, 4) is 0 Å². The van der Waals surface area contributed by atoms with E-state index < -0.39 is 0 Å². The standard InChI is InChI=1S/C20H33N/c1-4-16-13-14-17(5-2)19(15-16)20(21-6-3)18-11-9-7-8-10-12-18/h13-15,18,20-21H,4-12H2,1-3H3. The van der Waals surface area contributed by atoms with Gasteiger partial charge in [0.25, 0.3) is 0 Å². The highest BCUT2D eigenvalue weighted by Gasteiger charge is 2.25. The second kappa shape index (κ2) is 8.58. The van der Waals surface area contributed by atoms with Gasteiger partial charge in [0.2, 0.25) is 0 Å². The van der Waals surface area contributed by atoms with Crippen LogP contribution in [0.15, 0.2) is 18.2 Å². The van der Waals surface area contributed by atoms with Gasteiger partial charge in [-0.1, -0.05) is 64.7 Å². The third-order valence-corrected chi connectivity index (χ3v) is 5.13. The number of hydrogen-bond acceptors (Lipinski definition) is 1. The van der Waals surface area contributed by atoms with Crippen LogP contribution >= 0.6 is 0 Å². The van der Waals surface area contributed by atoms with Crippen molar-refractivity contribution in [1.82, 2.24) is 5.32 Å². The lowest BCUT2D eigenvalue weighted by atomic mass is 9.83. The van der Waals surface area contributed by atoms with E-state index in [0.29, 0.717) is 6.04 Å². The summed E-state index contributed by atoms with van der Waals surface area (Å²) in [6, 6.07) is 7.74. The van der Waals surface area contributed by atoms with Crippen LogP contribution in [0.4, 0.5) is 0 Å². The summed E-state index contributed by atoms with van der Waals surface area (Å²) >= 11 is 0. The highest BCUT2D eigenvalue weighted by molar-refractivity contribution is 5.35. The fourth-order valence-corrected chi connectivity index (χ4v) is 3.87. The number of nitrogens with one attached hydrogen (secondary N) is 1. The lowest BCUT2D eigenvalue weighted by Crippen LogP contribution is -2.29. The molecule has 0 amide bonds. The summed E-state index contributed by atoms with van der Waals surface area (Å²) in [5.74, 6) is 0.824. The smallest absolute Gasteiger partial charge is 0.0351 e. The number of aryl methyl sites for hydroxylation is 2. The molecule has 0 aromatic heterocycles. The average Bonchev–Trinajstić information content (AvgIpc) is 2.81. The Bertz CT molecular complexity index is 416. The Morgan fingerprint density at radius 2 is 1.71 bits per heavy atom. The predicted molar refractivity (Wildman–Crippen MR) is 92.8 cm³/mol. The van der Waals surface area contributed by atoms with Crippen LogP contribution in [0.3, 0.4) is 0 Å². The molecule has 21 heavy (non-hydrogen) atoms. The van der Waals surface area contributed by atoms with Gasteiger partial charge in [0.1, 0.15) is 0 Å². The van der Waals surface area contributed by atoms with Crippen LogP contribution in [0, 0.1) is 5.92 Å². The molecular formula is C20H33N. The van der Waals surface area contributed by atoms with Gasteiger partial charge in [0.05, 0.1) is 0 Å². The van der Waals surface area contributed by atoms with Gasteiger partial charge in [-0.25, -0.2) is 0 Å². The molecule has 1 aromatic rings. The van der Waals surface area contributed by atoms with Crippen molar-refractivity contribution in [2.45, 2.75) is 78.2 Å². The molecule has 1 aliphatic carbocycles. The third kappa shape index (κ3) is 4.32. The van der Waals surface area contributed by atoms with Crippen LogP contribution in [0.5, 0.6) is 0 Å². The Kier molecular flexibility index (Phi) is 6.76. The molecule has 0 bridgehead atoms. The van der Waals surface area contributed by atoms with Gasteiger partial charge in [-0.3, -0.25) is 0 Å². The molecule has 1 atom stereocenters. The van der Waals surface area contributed by atoms with Crippen molar-refractivity contribution >= 4 is 0 Å². The normalized spacial score (nSPS) is 18.4. The van der Waals surface area contributed by atoms with Gasteiger partial charge in [-0.2, -0.15) is 0 Å². The van der Waals surface area contributed by atoms with Crippen LogP contribution in [0.1, 0.15) is 82.0 Å². The monoisotopic (exact) mass is 287 g/mol. The van der Waals surface area contributed by atoms with Crippen molar-refractivity contribution in [1.29, 1.82) is 0 Å². The fraction of sp³-hybridized carbons (Fsp3) is 0.700. The molecule has 1 nitrogen and oxygen atoms in total. The van der Waals surface area contributed by atoms with E-state index in [1.165, 1.54) is 44.1 Å². The molecule has 0 heterocycles. The molecule has 1 saturated carbocycles. The van der Waals surface area contributed by atoms with Gasteiger partial charge in [-0.15, -0.1) is 0 Å².